The van der Waals surface area contributed by atoms with E-state index in [0.29, 0.717) is 6.42 Å². The highest BCUT2D eigenvalue weighted by atomic mass is 35.5. The lowest BCUT2D eigenvalue weighted by Gasteiger charge is -2.18. The van der Waals surface area contributed by atoms with Crippen molar-refractivity contribution >= 4 is 11.6 Å². The molecule has 0 aliphatic rings. The number of hydrogen-bond donors (Lipinski definition) is 1. The molecule has 2 rings (SSSR count). The van der Waals surface area contributed by atoms with Crippen LogP contribution in [0.15, 0.2) is 36.8 Å². The van der Waals surface area contributed by atoms with Crippen LogP contribution in [0.3, 0.4) is 0 Å². The average molecular weight is 294 g/mol. The highest BCUT2D eigenvalue weighted by Crippen LogP contribution is 2.24. The van der Waals surface area contributed by atoms with Crippen molar-refractivity contribution in [3.8, 4) is 0 Å². The van der Waals surface area contributed by atoms with E-state index in [1.807, 2.05) is 6.07 Å². The van der Waals surface area contributed by atoms with Gasteiger partial charge in [0.15, 0.2) is 0 Å². The number of benzene rings is 1. The lowest BCUT2D eigenvalue weighted by Crippen LogP contribution is -2.25. The van der Waals surface area contributed by atoms with Crippen molar-refractivity contribution in [2.75, 3.05) is 6.54 Å². The van der Waals surface area contributed by atoms with E-state index >= 15 is 0 Å². The van der Waals surface area contributed by atoms with Crippen LogP contribution >= 0.6 is 11.6 Å². The van der Waals surface area contributed by atoms with Crippen molar-refractivity contribution in [1.82, 2.24) is 15.3 Å². The van der Waals surface area contributed by atoms with E-state index in [0.717, 1.165) is 24.2 Å². The summed E-state index contributed by atoms with van der Waals surface area (Å²) >= 11 is 6.02. The summed E-state index contributed by atoms with van der Waals surface area (Å²) in [7, 11) is 0. The van der Waals surface area contributed by atoms with E-state index in [9.17, 15) is 4.39 Å². The van der Waals surface area contributed by atoms with E-state index in [2.05, 4.69) is 22.2 Å². The number of aromatic nitrogens is 2. The Morgan fingerprint density at radius 3 is 2.90 bits per heavy atom. The molecule has 2 aromatic rings. The largest absolute Gasteiger partial charge is 0.308 e. The number of rotatable bonds is 6. The first kappa shape index (κ1) is 14.9. The molecule has 0 amide bonds. The first-order chi connectivity index (χ1) is 9.72. The highest BCUT2D eigenvalue weighted by molar-refractivity contribution is 6.31. The minimum Gasteiger partial charge on any atom is -0.308 e. The molecule has 3 nitrogen and oxygen atoms in total. The van der Waals surface area contributed by atoms with Gasteiger partial charge in [0, 0.05) is 18.6 Å². The van der Waals surface area contributed by atoms with Gasteiger partial charge in [-0.05, 0) is 31.0 Å². The molecule has 0 saturated heterocycles. The molecule has 1 aromatic heterocycles. The maximum absolute atomic E-state index is 13.5. The van der Waals surface area contributed by atoms with Gasteiger partial charge in [-0.25, -0.2) is 4.39 Å². The van der Waals surface area contributed by atoms with Crippen LogP contribution in [0.2, 0.25) is 5.02 Å². The second-order valence-electron chi connectivity index (χ2n) is 4.55. The van der Waals surface area contributed by atoms with Crippen LogP contribution in [-0.2, 0) is 6.42 Å². The normalized spacial score (nSPS) is 12.3. The van der Waals surface area contributed by atoms with Gasteiger partial charge in [-0.1, -0.05) is 30.7 Å². The molecule has 1 unspecified atom stereocenters. The Labute approximate surface area is 123 Å². The molecule has 0 radical (unpaired) electrons. The smallest absolute Gasteiger partial charge is 0.142 e. The van der Waals surface area contributed by atoms with E-state index in [-0.39, 0.29) is 11.1 Å². The molecule has 0 fully saturated rings. The van der Waals surface area contributed by atoms with Crippen LogP contribution in [-0.4, -0.2) is 16.5 Å². The van der Waals surface area contributed by atoms with Gasteiger partial charge in [-0.15, -0.1) is 0 Å². The molecule has 20 heavy (non-hydrogen) atoms. The first-order valence-corrected chi connectivity index (χ1v) is 7.02. The summed E-state index contributed by atoms with van der Waals surface area (Å²) in [5, 5.41) is 3.58. The molecule has 1 N–H and O–H groups in total. The summed E-state index contributed by atoms with van der Waals surface area (Å²) < 4.78 is 13.5. The fourth-order valence-electron chi connectivity index (χ4n) is 2.02. The third-order valence-corrected chi connectivity index (χ3v) is 3.46. The Morgan fingerprint density at radius 1 is 1.35 bits per heavy atom. The number of nitrogens with one attached hydrogen (secondary N) is 1. The zero-order valence-electron chi connectivity index (χ0n) is 11.3. The summed E-state index contributed by atoms with van der Waals surface area (Å²) in [6.07, 6.45) is 6.60. The van der Waals surface area contributed by atoms with Crippen LogP contribution in [0.1, 0.15) is 30.6 Å². The van der Waals surface area contributed by atoms with Crippen molar-refractivity contribution in [3.63, 3.8) is 0 Å². The molecule has 0 aliphatic carbocycles. The lowest BCUT2D eigenvalue weighted by atomic mass is 10.0. The van der Waals surface area contributed by atoms with Crippen LogP contribution in [0, 0.1) is 5.82 Å². The fourth-order valence-corrected chi connectivity index (χ4v) is 2.22. The predicted molar refractivity (Wildman–Crippen MR) is 78.2 cm³/mol. The van der Waals surface area contributed by atoms with E-state index in [4.69, 9.17) is 11.6 Å². The average Bonchev–Trinajstić information content (AvgIpc) is 2.48. The highest BCUT2D eigenvalue weighted by Gasteiger charge is 2.16. The van der Waals surface area contributed by atoms with Gasteiger partial charge in [0.05, 0.1) is 16.8 Å². The fraction of sp³-hybridized carbons (Fsp3) is 0.333. The standard InChI is InChI=1S/C15H17ClFN3/c1-2-6-19-13(14-10-18-7-8-20-14)9-11-4-3-5-12(17)15(11)16/h3-5,7-8,10,13,19H,2,6,9H2,1H3. The Hall–Kier alpha value is -1.52. The minimum absolute atomic E-state index is 0.0250. The van der Waals surface area contributed by atoms with Crippen LogP contribution < -0.4 is 5.32 Å². The zero-order chi connectivity index (χ0) is 14.4. The Bertz CT molecular complexity index is 548. The molecule has 0 spiro atoms. The summed E-state index contributed by atoms with van der Waals surface area (Å²) in [6, 6.07) is 4.85. The SMILES string of the molecule is CCCNC(Cc1cccc(F)c1Cl)c1cnccn1. The van der Waals surface area contributed by atoms with Gasteiger partial charge in [-0.3, -0.25) is 9.97 Å². The number of halogens is 2. The van der Waals surface area contributed by atoms with E-state index in [1.54, 1.807) is 24.7 Å². The zero-order valence-corrected chi connectivity index (χ0v) is 12.1. The molecular formula is C15H17ClFN3. The van der Waals surface area contributed by atoms with Crippen molar-refractivity contribution < 1.29 is 4.39 Å². The summed E-state index contributed by atoms with van der Waals surface area (Å²) in [6.45, 7) is 2.95. The second-order valence-corrected chi connectivity index (χ2v) is 4.93. The number of hydrogen-bond acceptors (Lipinski definition) is 3. The summed E-state index contributed by atoms with van der Waals surface area (Å²) in [4.78, 5) is 8.40. The molecule has 1 aromatic carbocycles. The van der Waals surface area contributed by atoms with Crippen molar-refractivity contribution in [2.45, 2.75) is 25.8 Å². The van der Waals surface area contributed by atoms with Crippen LogP contribution in [0.25, 0.3) is 0 Å². The van der Waals surface area contributed by atoms with Gasteiger partial charge in [-0.2, -0.15) is 0 Å². The Balaban J connectivity index is 2.21. The third kappa shape index (κ3) is 3.74. The van der Waals surface area contributed by atoms with E-state index in [1.165, 1.54) is 6.07 Å². The first-order valence-electron chi connectivity index (χ1n) is 6.64. The maximum Gasteiger partial charge on any atom is 0.142 e. The van der Waals surface area contributed by atoms with Gasteiger partial charge in [0.1, 0.15) is 5.82 Å². The topological polar surface area (TPSA) is 37.8 Å². The maximum atomic E-state index is 13.5. The molecule has 106 valence electrons. The summed E-state index contributed by atoms with van der Waals surface area (Å²) in [5.41, 5.74) is 1.60. The van der Waals surface area contributed by atoms with E-state index < -0.39 is 5.82 Å². The molecular weight excluding hydrogens is 277 g/mol. The van der Waals surface area contributed by atoms with Crippen LogP contribution in [0.5, 0.6) is 0 Å². The Kier molecular flexibility index (Phi) is 5.44. The van der Waals surface area contributed by atoms with Gasteiger partial charge < -0.3 is 5.32 Å². The lowest BCUT2D eigenvalue weighted by molar-refractivity contribution is 0.514. The number of nitrogens with zero attached hydrogens (tertiary/aromatic N) is 2. The second kappa shape index (κ2) is 7.31. The predicted octanol–water partition coefficient (Wildman–Crippen LogP) is 3.55. The molecule has 0 bridgehead atoms. The van der Waals surface area contributed by atoms with Gasteiger partial charge >= 0.3 is 0 Å². The molecule has 1 atom stereocenters. The van der Waals surface area contributed by atoms with Crippen molar-refractivity contribution in [1.29, 1.82) is 0 Å². The third-order valence-electron chi connectivity index (χ3n) is 3.04. The van der Waals surface area contributed by atoms with Crippen LogP contribution in [0.4, 0.5) is 4.39 Å². The van der Waals surface area contributed by atoms with Gasteiger partial charge in [0.25, 0.3) is 0 Å². The quantitative estimate of drug-likeness (QED) is 0.885. The molecule has 5 heteroatoms. The monoisotopic (exact) mass is 293 g/mol. The molecule has 0 saturated carbocycles. The minimum atomic E-state index is -0.391. The van der Waals surface area contributed by atoms with Gasteiger partial charge in [0.2, 0.25) is 0 Å². The van der Waals surface area contributed by atoms with Crippen molar-refractivity contribution in [3.05, 3.63) is 58.9 Å². The van der Waals surface area contributed by atoms with Crippen molar-refractivity contribution in [2.24, 2.45) is 0 Å². The summed E-state index contributed by atoms with van der Waals surface area (Å²) in [5.74, 6) is -0.391. The molecule has 1 heterocycles. The Morgan fingerprint density at radius 2 is 2.20 bits per heavy atom. The molecule has 0 aliphatic heterocycles.